The fourth-order valence-electron chi connectivity index (χ4n) is 1.21. The van der Waals surface area contributed by atoms with E-state index in [1.807, 2.05) is 0 Å². The quantitative estimate of drug-likeness (QED) is 0.841. The molecule has 6 nitrogen and oxygen atoms in total. The van der Waals surface area contributed by atoms with Crippen LogP contribution in [0.3, 0.4) is 0 Å². The van der Waals surface area contributed by atoms with Crippen molar-refractivity contribution < 1.29 is 24.2 Å². The zero-order valence-electron chi connectivity index (χ0n) is 11.4. The summed E-state index contributed by atoms with van der Waals surface area (Å²) in [4.78, 5) is 22.3. The van der Waals surface area contributed by atoms with Crippen molar-refractivity contribution in [3.05, 3.63) is 23.2 Å². The molecule has 2 N–H and O–H groups in total. The lowest BCUT2D eigenvalue weighted by molar-refractivity contribution is -0.139. The van der Waals surface area contributed by atoms with Crippen LogP contribution in [0.25, 0.3) is 0 Å². The summed E-state index contributed by atoms with van der Waals surface area (Å²) in [6, 6.07) is 4.52. The predicted molar refractivity (Wildman–Crippen MR) is 74.3 cm³/mol. The lowest BCUT2D eigenvalue weighted by Crippen LogP contribution is -2.38. The van der Waals surface area contributed by atoms with Crippen LogP contribution in [0.15, 0.2) is 18.2 Å². The largest absolute Gasteiger partial charge is 0.480 e. The van der Waals surface area contributed by atoms with E-state index in [0.29, 0.717) is 5.69 Å². The molecule has 0 bridgehead atoms. The van der Waals surface area contributed by atoms with Gasteiger partial charge in [0.05, 0.1) is 5.02 Å². The highest BCUT2D eigenvalue weighted by molar-refractivity contribution is 6.32. The normalized spacial score (nSPS) is 11.0. The second-order valence-electron chi connectivity index (χ2n) is 4.50. The summed E-state index contributed by atoms with van der Waals surface area (Å²) >= 11 is 5.94. The molecule has 0 radical (unpaired) electrons. The highest BCUT2D eigenvalue weighted by Crippen LogP contribution is 2.28. The van der Waals surface area contributed by atoms with Gasteiger partial charge in [-0.15, -0.1) is 0 Å². The summed E-state index contributed by atoms with van der Waals surface area (Å²) in [5.41, 5.74) is -0.502. The Labute approximate surface area is 121 Å². The van der Waals surface area contributed by atoms with Gasteiger partial charge < -0.3 is 19.9 Å². The molecular weight excluding hydrogens is 286 g/mol. The third kappa shape index (κ3) is 4.40. The van der Waals surface area contributed by atoms with Gasteiger partial charge in [0.15, 0.2) is 6.61 Å². The third-order valence-corrected chi connectivity index (χ3v) is 2.89. The van der Waals surface area contributed by atoms with Crippen LogP contribution in [0, 0.1) is 0 Å². The second-order valence-corrected chi connectivity index (χ2v) is 4.90. The molecular formula is C13H16ClNO5. The van der Waals surface area contributed by atoms with Crippen LogP contribution in [0.2, 0.25) is 5.02 Å². The number of nitrogens with one attached hydrogen (secondary N) is 1. The number of carboxylic acid groups (broad SMARTS) is 1. The standard InChI is InChI=1S/C13H16ClNO5/c1-13(2,19-3)12(18)15-8-4-5-10(9(14)6-8)20-7-11(16)17/h4-6H,7H2,1-3H3,(H,15,18)(H,16,17). The first kappa shape index (κ1) is 16.3. The minimum Gasteiger partial charge on any atom is -0.480 e. The minimum atomic E-state index is -1.10. The van der Waals surface area contributed by atoms with E-state index in [-0.39, 0.29) is 16.7 Å². The van der Waals surface area contributed by atoms with Crippen LogP contribution in [-0.2, 0) is 14.3 Å². The third-order valence-electron chi connectivity index (χ3n) is 2.60. The van der Waals surface area contributed by atoms with Crippen molar-refractivity contribution in [1.29, 1.82) is 0 Å². The average Bonchev–Trinajstić information content (AvgIpc) is 2.37. The first-order chi connectivity index (χ1) is 9.26. The van der Waals surface area contributed by atoms with Crippen LogP contribution >= 0.6 is 11.6 Å². The van der Waals surface area contributed by atoms with Gasteiger partial charge in [0, 0.05) is 12.8 Å². The first-order valence-corrected chi connectivity index (χ1v) is 6.15. The van der Waals surface area contributed by atoms with Gasteiger partial charge >= 0.3 is 5.97 Å². The molecule has 20 heavy (non-hydrogen) atoms. The van der Waals surface area contributed by atoms with Gasteiger partial charge in [0.1, 0.15) is 11.4 Å². The molecule has 0 atom stereocenters. The van der Waals surface area contributed by atoms with E-state index in [4.69, 9.17) is 26.2 Å². The first-order valence-electron chi connectivity index (χ1n) is 5.77. The number of carbonyl (C=O) groups excluding carboxylic acids is 1. The Morgan fingerprint density at radius 1 is 1.40 bits per heavy atom. The van der Waals surface area contributed by atoms with E-state index in [2.05, 4.69) is 5.32 Å². The van der Waals surface area contributed by atoms with Crippen molar-refractivity contribution in [2.45, 2.75) is 19.4 Å². The molecule has 1 rings (SSSR count). The molecule has 1 amide bonds. The highest BCUT2D eigenvalue weighted by Gasteiger charge is 2.27. The van der Waals surface area contributed by atoms with Gasteiger partial charge in [-0.3, -0.25) is 4.79 Å². The number of ether oxygens (including phenoxy) is 2. The van der Waals surface area contributed by atoms with Crippen molar-refractivity contribution >= 4 is 29.2 Å². The van der Waals surface area contributed by atoms with E-state index in [0.717, 1.165) is 0 Å². The number of methoxy groups -OCH3 is 1. The maximum Gasteiger partial charge on any atom is 0.341 e. The summed E-state index contributed by atoms with van der Waals surface area (Å²) in [5.74, 6) is -1.19. The van der Waals surface area contributed by atoms with Gasteiger partial charge in [0.25, 0.3) is 5.91 Å². The predicted octanol–water partition coefficient (Wildman–Crippen LogP) is 2.17. The Morgan fingerprint density at radius 3 is 2.55 bits per heavy atom. The molecule has 1 aromatic rings. The topological polar surface area (TPSA) is 84.9 Å². The molecule has 0 fully saturated rings. The van der Waals surface area contributed by atoms with Crippen molar-refractivity contribution in [3.8, 4) is 5.75 Å². The maximum atomic E-state index is 11.9. The van der Waals surface area contributed by atoms with Crippen LogP contribution in [0.1, 0.15) is 13.8 Å². The fourth-order valence-corrected chi connectivity index (χ4v) is 1.44. The second kappa shape index (κ2) is 6.58. The molecule has 1 aromatic carbocycles. The average molecular weight is 302 g/mol. The number of rotatable bonds is 6. The van der Waals surface area contributed by atoms with Crippen molar-refractivity contribution in [2.24, 2.45) is 0 Å². The maximum absolute atomic E-state index is 11.9. The summed E-state index contributed by atoms with van der Waals surface area (Å²) < 4.78 is 10.0. The molecule has 7 heteroatoms. The Bertz CT molecular complexity index is 515. The number of carbonyl (C=O) groups is 2. The van der Waals surface area contributed by atoms with E-state index in [1.54, 1.807) is 19.9 Å². The Morgan fingerprint density at radius 2 is 2.05 bits per heavy atom. The van der Waals surface area contributed by atoms with Crippen LogP contribution < -0.4 is 10.1 Å². The molecule has 0 aliphatic carbocycles. The summed E-state index contributed by atoms with van der Waals surface area (Å²) in [6.45, 7) is 2.78. The van der Waals surface area contributed by atoms with Crippen LogP contribution in [0.4, 0.5) is 5.69 Å². The molecule has 0 saturated heterocycles. The van der Waals surface area contributed by atoms with Crippen molar-refractivity contribution in [1.82, 2.24) is 0 Å². The van der Waals surface area contributed by atoms with Crippen molar-refractivity contribution in [3.63, 3.8) is 0 Å². The molecule has 0 aliphatic rings. The zero-order valence-corrected chi connectivity index (χ0v) is 12.2. The Balaban J connectivity index is 2.77. The number of carboxylic acids is 1. The molecule has 0 unspecified atom stereocenters. The molecule has 0 saturated carbocycles. The zero-order chi connectivity index (χ0) is 15.3. The Kier molecular flexibility index (Phi) is 5.35. The smallest absolute Gasteiger partial charge is 0.341 e. The van der Waals surface area contributed by atoms with Gasteiger partial charge in [-0.05, 0) is 32.0 Å². The van der Waals surface area contributed by atoms with Gasteiger partial charge in [-0.1, -0.05) is 11.6 Å². The van der Waals surface area contributed by atoms with E-state index >= 15 is 0 Å². The number of anilines is 1. The molecule has 0 aliphatic heterocycles. The highest BCUT2D eigenvalue weighted by atomic mass is 35.5. The summed E-state index contributed by atoms with van der Waals surface area (Å²) in [5, 5.41) is 11.4. The van der Waals surface area contributed by atoms with E-state index in [9.17, 15) is 9.59 Å². The van der Waals surface area contributed by atoms with Crippen LogP contribution in [0.5, 0.6) is 5.75 Å². The Hall–Kier alpha value is -1.79. The lowest BCUT2D eigenvalue weighted by atomic mass is 10.1. The minimum absolute atomic E-state index is 0.208. The fraction of sp³-hybridized carbons (Fsp3) is 0.385. The van der Waals surface area contributed by atoms with Crippen molar-refractivity contribution in [2.75, 3.05) is 19.0 Å². The van der Waals surface area contributed by atoms with E-state index in [1.165, 1.54) is 19.2 Å². The molecule has 0 heterocycles. The van der Waals surface area contributed by atoms with E-state index < -0.39 is 18.2 Å². The lowest BCUT2D eigenvalue weighted by Gasteiger charge is -2.21. The van der Waals surface area contributed by atoms with Gasteiger partial charge in [-0.25, -0.2) is 4.79 Å². The number of amides is 1. The van der Waals surface area contributed by atoms with Gasteiger partial charge in [-0.2, -0.15) is 0 Å². The molecule has 0 aromatic heterocycles. The summed E-state index contributed by atoms with van der Waals surface area (Å²) in [7, 11) is 1.44. The van der Waals surface area contributed by atoms with Gasteiger partial charge in [0.2, 0.25) is 0 Å². The SMILES string of the molecule is COC(C)(C)C(=O)Nc1ccc(OCC(=O)O)c(Cl)c1. The number of benzene rings is 1. The number of hydrogen-bond acceptors (Lipinski definition) is 4. The number of aliphatic carboxylic acids is 1. The monoisotopic (exact) mass is 301 g/mol. The number of halogens is 1. The van der Waals surface area contributed by atoms with Crippen LogP contribution in [-0.4, -0.2) is 36.3 Å². The number of hydrogen-bond donors (Lipinski definition) is 2. The molecule has 110 valence electrons. The summed E-state index contributed by atoms with van der Waals surface area (Å²) in [6.07, 6.45) is 0. The molecule has 0 spiro atoms.